The highest BCUT2D eigenvalue weighted by Crippen LogP contribution is 2.27. The summed E-state index contributed by atoms with van der Waals surface area (Å²) in [6.45, 7) is -0.835. The molecule has 0 atom stereocenters. The molecule has 0 aliphatic carbocycles. The standard InChI is InChI=1S/C21H20F2N4O3S/c1-13-7-8-17(18(9-13)30-20(22)23)26-21(31)25-15-10-24-27(12-15)11-14-5-3-4-6-16(14)19(28)29-2/h3-10,12,20H,11H2,1-2H3,(H2,25,26,31). The number of hydrogen-bond donors (Lipinski definition) is 2. The van der Waals surface area contributed by atoms with Crippen molar-refractivity contribution in [2.45, 2.75) is 20.1 Å². The average Bonchev–Trinajstić information content (AvgIpc) is 3.16. The maximum Gasteiger partial charge on any atom is 0.387 e. The van der Waals surface area contributed by atoms with Crippen LogP contribution in [0.2, 0.25) is 0 Å². The third kappa shape index (κ3) is 5.98. The molecule has 162 valence electrons. The number of benzene rings is 2. The molecule has 2 N–H and O–H groups in total. The van der Waals surface area contributed by atoms with Gasteiger partial charge < -0.3 is 20.1 Å². The van der Waals surface area contributed by atoms with Crippen LogP contribution in [0.3, 0.4) is 0 Å². The van der Waals surface area contributed by atoms with Crippen LogP contribution in [-0.4, -0.2) is 34.6 Å². The minimum Gasteiger partial charge on any atom is -0.465 e. The molecule has 1 aromatic heterocycles. The number of halogens is 2. The third-order valence-corrected chi connectivity index (χ3v) is 4.45. The summed E-state index contributed by atoms with van der Waals surface area (Å²) in [6.07, 6.45) is 3.26. The predicted molar refractivity (Wildman–Crippen MR) is 117 cm³/mol. The van der Waals surface area contributed by atoms with E-state index < -0.39 is 12.6 Å². The normalized spacial score (nSPS) is 10.6. The van der Waals surface area contributed by atoms with Crippen molar-refractivity contribution in [3.8, 4) is 5.75 Å². The smallest absolute Gasteiger partial charge is 0.387 e. The lowest BCUT2D eigenvalue weighted by atomic mass is 10.1. The van der Waals surface area contributed by atoms with Crippen molar-refractivity contribution in [2.24, 2.45) is 0 Å². The molecule has 0 saturated heterocycles. The van der Waals surface area contributed by atoms with Gasteiger partial charge in [0.25, 0.3) is 0 Å². The summed E-state index contributed by atoms with van der Waals surface area (Å²) in [4.78, 5) is 11.9. The Morgan fingerprint density at radius 1 is 1.23 bits per heavy atom. The molecule has 7 nitrogen and oxygen atoms in total. The number of carbonyl (C=O) groups excluding carboxylic acids is 1. The van der Waals surface area contributed by atoms with Crippen LogP contribution in [0.1, 0.15) is 21.5 Å². The molecule has 0 aliphatic heterocycles. The molecular weight excluding hydrogens is 426 g/mol. The fourth-order valence-electron chi connectivity index (χ4n) is 2.87. The molecule has 31 heavy (non-hydrogen) atoms. The van der Waals surface area contributed by atoms with Gasteiger partial charge in [0.1, 0.15) is 5.75 Å². The van der Waals surface area contributed by atoms with E-state index in [0.29, 0.717) is 23.5 Å². The van der Waals surface area contributed by atoms with Crippen LogP contribution in [0.15, 0.2) is 54.9 Å². The van der Waals surface area contributed by atoms with Gasteiger partial charge in [0, 0.05) is 6.20 Å². The van der Waals surface area contributed by atoms with Crippen LogP contribution in [0.5, 0.6) is 5.75 Å². The van der Waals surface area contributed by atoms with Gasteiger partial charge in [0.15, 0.2) is 5.11 Å². The molecule has 2 aromatic carbocycles. The number of methoxy groups -OCH3 is 1. The average molecular weight is 446 g/mol. The van der Waals surface area contributed by atoms with Crippen molar-refractivity contribution >= 4 is 34.7 Å². The maximum absolute atomic E-state index is 12.7. The SMILES string of the molecule is COC(=O)c1ccccc1Cn1cc(NC(=S)Nc2ccc(C)cc2OC(F)F)cn1. The molecule has 0 amide bonds. The van der Waals surface area contributed by atoms with Gasteiger partial charge in [-0.2, -0.15) is 13.9 Å². The summed E-state index contributed by atoms with van der Waals surface area (Å²) >= 11 is 5.27. The molecule has 0 radical (unpaired) electrons. The summed E-state index contributed by atoms with van der Waals surface area (Å²) in [7, 11) is 1.33. The third-order valence-electron chi connectivity index (χ3n) is 4.25. The first-order chi connectivity index (χ1) is 14.9. The van der Waals surface area contributed by atoms with E-state index in [-0.39, 0.29) is 10.9 Å². The molecule has 1 heterocycles. The zero-order valence-corrected chi connectivity index (χ0v) is 17.6. The largest absolute Gasteiger partial charge is 0.465 e. The van der Waals surface area contributed by atoms with E-state index in [9.17, 15) is 13.6 Å². The van der Waals surface area contributed by atoms with Crippen molar-refractivity contribution in [1.82, 2.24) is 9.78 Å². The van der Waals surface area contributed by atoms with Crippen molar-refractivity contribution < 1.29 is 23.0 Å². The Hall–Kier alpha value is -3.53. The van der Waals surface area contributed by atoms with Crippen molar-refractivity contribution in [3.05, 3.63) is 71.5 Å². The first-order valence-electron chi connectivity index (χ1n) is 9.18. The molecule has 0 fully saturated rings. The number of nitrogens with one attached hydrogen (secondary N) is 2. The lowest BCUT2D eigenvalue weighted by Gasteiger charge is -2.14. The summed E-state index contributed by atoms with van der Waals surface area (Å²) in [6, 6.07) is 11.9. The topological polar surface area (TPSA) is 77.4 Å². The van der Waals surface area contributed by atoms with E-state index in [1.54, 1.807) is 48.3 Å². The first kappa shape index (κ1) is 22.2. The number of nitrogens with zero attached hydrogens (tertiary/aromatic N) is 2. The van der Waals surface area contributed by atoms with E-state index >= 15 is 0 Å². The predicted octanol–water partition coefficient (Wildman–Crippen LogP) is 4.44. The number of thiocarbonyl (C=S) groups is 1. The molecule has 0 aliphatic rings. The monoisotopic (exact) mass is 446 g/mol. The minimum absolute atomic E-state index is 0.00531. The zero-order valence-electron chi connectivity index (χ0n) is 16.8. The van der Waals surface area contributed by atoms with Gasteiger partial charge in [-0.1, -0.05) is 24.3 Å². The summed E-state index contributed by atoms with van der Waals surface area (Å²) in [5, 5.41) is 10.2. The Balaban J connectivity index is 1.67. The molecule has 3 rings (SSSR count). The number of aromatic nitrogens is 2. The highest BCUT2D eigenvalue weighted by molar-refractivity contribution is 7.80. The molecule has 0 saturated carbocycles. The van der Waals surface area contributed by atoms with E-state index in [0.717, 1.165) is 11.1 Å². The number of aryl methyl sites for hydroxylation is 1. The van der Waals surface area contributed by atoms with Gasteiger partial charge in [-0.05, 0) is 48.5 Å². The fourth-order valence-corrected chi connectivity index (χ4v) is 3.10. The van der Waals surface area contributed by atoms with Crippen LogP contribution in [0.25, 0.3) is 0 Å². The van der Waals surface area contributed by atoms with Gasteiger partial charge in [-0.25, -0.2) is 4.79 Å². The second-order valence-electron chi connectivity index (χ2n) is 6.53. The van der Waals surface area contributed by atoms with Crippen LogP contribution in [-0.2, 0) is 11.3 Å². The summed E-state index contributed by atoms with van der Waals surface area (Å²) < 4.78 is 36.3. The van der Waals surface area contributed by atoms with Crippen LogP contribution < -0.4 is 15.4 Å². The van der Waals surface area contributed by atoms with Gasteiger partial charge in [0.2, 0.25) is 0 Å². The molecule has 0 spiro atoms. The maximum atomic E-state index is 12.7. The molecule has 0 unspecified atom stereocenters. The number of alkyl halides is 2. The van der Waals surface area contributed by atoms with Gasteiger partial charge in [-0.3, -0.25) is 4.68 Å². The van der Waals surface area contributed by atoms with Crippen LogP contribution in [0.4, 0.5) is 20.2 Å². The Labute approximate surface area is 183 Å². The van der Waals surface area contributed by atoms with Gasteiger partial charge in [-0.15, -0.1) is 0 Å². The number of carbonyl (C=O) groups is 1. The fraction of sp³-hybridized carbons (Fsp3) is 0.190. The van der Waals surface area contributed by atoms with Gasteiger partial charge in [0.05, 0.1) is 36.8 Å². The van der Waals surface area contributed by atoms with Crippen molar-refractivity contribution in [3.63, 3.8) is 0 Å². The van der Waals surface area contributed by atoms with E-state index in [4.69, 9.17) is 17.0 Å². The second-order valence-corrected chi connectivity index (χ2v) is 6.94. The van der Waals surface area contributed by atoms with Gasteiger partial charge >= 0.3 is 12.6 Å². The minimum atomic E-state index is -2.95. The number of hydrogen-bond acceptors (Lipinski definition) is 5. The van der Waals surface area contributed by atoms with E-state index in [1.807, 2.05) is 12.1 Å². The lowest BCUT2D eigenvalue weighted by Crippen LogP contribution is -2.19. The Morgan fingerprint density at radius 3 is 2.74 bits per heavy atom. The van der Waals surface area contributed by atoms with Crippen molar-refractivity contribution in [2.75, 3.05) is 17.7 Å². The Kier molecular flexibility index (Phi) is 7.14. The van der Waals surface area contributed by atoms with Crippen molar-refractivity contribution in [1.29, 1.82) is 0 Å². The molecule has 0 bridgehead atoms. The number of rotatable bonds is 7. The highest BCUT2D eigenvalue weighted by Gasteiger charge is 2.13. The quantitative estimate of drug-likeness (QED) is 0.411. The Morgan fingerprint density at radius 2 is 2.00 bits per heavy atom. The van der Waals surface area contributed by atoms with Crippen LogP contribution in [0, 0.1) is 6.92 Å². The first-order valence-corrected chi connectivity index (χ1v) is 9.58. The number of anilines is 2. The molecule has 3 aromatic rings. The number of esters is 1. The molecular formula is C21H20F2N4O3S. The second kappa shape index (κ2) is 9.98. The highest BCUT2D eigenvalue weighted by atomic mass is 32.1. The zero-order chi connectivity index (χ0) is 22.4. The summed E-state index contributed by atoms with van der Waals surface area (Å²) in [5.74, 6) is -0.430. The number of ether oxygens (including phenoxy) is 2. The van der Waals surface area contributed by atoms with Crippen LogP contribution >= 0.6 is 12.2 Å². The van der Waals surface area contributed by atoms with E-state index in [1.165, 1.54) is 13.2 Å². The lowest BCUT2D eigenvalue weighted by molar-refractivity contribution is -0.0493. The van der Waals surface area contributed by atoms with E-state index in [2.05, 4.69) is 20.5 Å². The molecule has 10 heteroatoms. The summed E-state index contributed by atoms with van der Waals surface area (Å²) in [5.41, 5.74) is 2.86. The Bertz CT molecular complexity index is 1090.